The topological polar surface area (TPSA) is 45.4 Å². The average Bonchev–Trinajstić information content (AvgIpc) is 2.85. The van der Waals surface area contributed by atoms with Crippen LogP contribution in [0.25, 0.3) is 0 Å². The molecule has 0 aromatic carbocycles. The van der Waals surface area contributed by atoms with Gasteiger partial charge in [-0.15, -0.1) is 11.3 Å². The molecule has 0 amide bonds. The zero-order valence-corrected chi connectivity index (χ0v) is 12.6. The summed E-state index contributed by atoms with van der Waals surface area (Å²) in [6.45, 7) is 6.98. The van der Waals surface area contributed by atoms with Gasteiger partial charge in [-0.1, -0.05) is 0 Å². The van der Waals surface area contributed by atoms with Crippen LogP contribution in [-0.4, -0.2) is 53.5 Å². The number of likely N-dealkylation sites (N-methyl/N-ethyl adjacent to an activating group) is 2. The second-order valence-electron chi connectivity index (χ2n) is 5.61. The Bertz CT molecular complexity index is 393. The summed E-state index contributed by atoms with van der Waals surface area (Å²) in [6.07, 6.45) is 1.14. The van der Waals surface area contributed by atoms with Crippen LogP contribution in [0, 0.1) is 6.92 Å². The van der Waals surface area contributed by atoms with E-state index in [1.54, 1.807) is 11.3 Å². The first-order chi connectivity index (χ1) is 8.47. The molecule has 18 heavy (non-hydrogen) atoms. The van der Waals surface area contributed by atoms with Gasteiger partial charge in [0.25, 0.3) is 0 Å². The molecular weight excluding hydrogens is 244 g/mol. The van der Waals surface area contributed by atoms with Crippen molar-refractivity contribution in [3.63, 3.8) is 0 Å². The SMILES string of the molecule is Cc1nc(CN(C)C2(CN)CC(C)N(C)C2)cs1. The Morgan fingerprint density at radius 1 is 1.67 bits per heavy atom. The maximum Gasteiger partial charge on any atom is 0.0897 e. The number of rotatable bonds is 4. The summed E-state index contributed by atoms with van der Waals surface area (Å²) >= 11 is 1.72. The minimum absolute atomic E-state index is 0.103. The van der Waals surface area contributed by atoms with E-state index in [0.717, 1.165) is 30.2 Å². The van der Waals surface area contributed by atoms with E-state index in [-0.39, 0.29) is 5.54 Å². The first kappa shape index (κ1) is 13.9. The van der Waals surface area contributed by atoms with Crippen LogP contribution in [0.1, 0.15) is 24.0 Å². The highest BCUT2D eigenvalue weighted by Crippen LogP contribution is 2.30. The van der Waals surface area contributed by atoms with Crippen LogP contribution in [-0.2, 0) is 6.54 Å². The Hall–Kier alpha value is -0.490. The first-order valence-corrected chi connectivity index (χ1v) is 7.37. The zero-order chi connectivity index (χ0) is 13.3. The number of aryl methyl sites for hydroxylation is 1. The molecule has 1 fully saturated rings. The molecule has 2 heterocycles. The van der Waals surface area contributed by atoms with Crippen molar-refractivity contribution in [3.8, 4) is 0 Å². The van der Waals surface area contributed by atoms with Crippen molar-refractivity contribution >= 4 is 11.3 Å². The fraction of sp³-hybridized carbons (Fsp3) is 0.769. The van der Waals surface area contributed by atoms with E-state index in [1.165, 1.54) is 0 Å². The van der Waals surface area contributed by atoms with Gasteiger partial charge >= 0.3 is 0 Å². The molecule has 2 N–H and O–H groups in total. The molecule has 1 aliphatic heterocycles. The second-order valence-corrected chi connectivity index (χ2v) is 6.67. The number of thiazole rings is 1. The molecule has 5 heteroatoms. The quantitative estimate of drug-likeness (QED) is 0.894. The number of hydrogen-bond acceptors (Lipinski definition) is 5. The van der Waals surface area contributed by atoms with E-state index < -0.39 is 0 Å². The van der Waals surface area contributed by atoms with E-state index in [9.17, 15) is 0 Å². The average molecular weight is 268 g/mol. The Morgan fingerprint density at radius 2 is 2.39 bits per heavy atom. The van der Waals surface area contributed by atoms with Crippen LogP contribution in [0.15, 0.2) is 5.38 Å². The third-order valence-corrected chi connectivity index (χ3v) is 5.05. The molecule has 0 spiro atoms. The Labute approximate surface area is 114 Å². The van der Waals surface area contributed by atoms with Gasteiger partial charge < -0.3 is 10.6 Å². The maximum absolute atomic E-state index is 6.07. The van der Waals surface area contributed by atoms with Gasteiger partial charge in [0, 0.05) is 36.6 Å². The minimum atomic E-state index is 0.103. The summed E-state index contributed by atoms with van der Waals surface area (Å²) in [5, 5.41) is 3.29. The lowest BCUT2D eigenvalue weighted by Gasteiger charge is -2.37. The largest absolute Gasteiger partial charge is 0.329 e. The van der Waals surface area contributed by atoms with E-state index in [4.69, 9.17) is 5.73 Å². The van der Waals surface area contributed by atoms with Gasteiger partial charge in [-0.3, -0.25) is 4.90 Å². The first-order valence-electron chi connectivity index (χ1n) is 6.49. The lowest BCUT2D eigenvalue weighted by atomic mass is 9.94. The molecule has 1 aliphatic rings. The van der Waals surface area contributed by atoms with Crippen molar-refractivity contribution in [2.75, 3.05) is 27.2 Å². The maximum atomic E-state index is 6.07. The molecule has 0 aliphatic carbocycles. The third-order valence-electron chi connectivity index (χ3n) is 4.23. The molecule has 102 valence electrons. The molecule has 0 saturated carbocycles. The summed E-state index contributed by atoms with van der Waals surface area (Å²) in [5.41, 5.74) is 7.33. The smallest absolute Gasteiger partial charge is 0.0897 e. The van der Waals surface area contributed by atoms with Crippen LogP contribution < -0.4 is 5.73 Å². The molecule has 1 saturated heterocycles. The van der Waals surface area contributed by atoms with Crippen molar-refractivity contribution < 1.29 is 0 Å². The van der Waals surface area contributed by atoms with Crippen LogP contribution in [0.4, 0.5) is 0 Å². The number of nitrogens with zero attached hydrogens (tertiary/aromatic N) is 3. The number of hydrogen-bond donors (Lipinski definition) is 1. The lowest BCUT2D eigenvalue weighted by molar-refractivity contribution is 0.124. The van der Waals surface area contributed by atoms with Gasteiger partial charge in [-0.05, 0) is 34.4 Å². The monoisotopic (exact) mass is 268 g/mol. The molecule has 1 aromatic heterocycles. The molecule has 1 aromatic rings. The minimum Gasteiger partial charge on any atom is -0.329 e. The van der Waals surface area contributed by atoms with Crippen LogP contribution in [0.5, 0.6) is 0 Å². The Morgan fingerprint density at radius 3 is 2.83 bits per heavy atom. The van der Waals surface area contributed by atoms with Gasteiger partial charge in [0.05, 0.1) is 10.7 Å². The Balaban J connectivity index is 2.08. The Kier molecular flexibility index (Phi) is 4.06. The molecule has 2 atom stereocenters. The predicted octanol–water partition coefficient (Wildman–Crippen LogP) is 1.30. The summed E-state index contributed by atoms with van der Waals surface area (Å²) in [5.74, 6) is 0. The van der Waals surface area contributed by atoms with Crippen molar-refractivity contribution in [1.29, 1.82) is 0 Å². The normalized spacial score (nSPS) is 29.3. The lowest BCUT2D eigenvalue weighted by Crippen LogP contribution is -2.53. The van der Waals surface area contributed by atoms with E-state index in [2.05, 4.69) is 48.1 Å². The van der Waals surface area contributed by atoms with E-state index >= 15 is 0 Å². The fourth-order valence-electron chi connectivity index (χ4n) is 2.86. The van der Waals surface area contributed by atoms with Gasteiger partial charge in [-0.2, -0.15) is 0 Å². The molecule has 2 rings (SSSR count). The predicted molar refractivity (Wildman–Crippen MR) is 76.8 cm³/mol. The van der Waals surface area contributed by atoms with Gasteiger partial charge in [-0.25, -0.2) is 4.98 Å². The number of aromatic nitrogens is 1. The number of likely N-dealkylation sites (tertiary alicyclic amines) is 1. The fourth-order valence-corrected chi connectivity index (χ4v) is 3.47. The third kappa shape index (κ3) is 2.59. The van der Waals surface area contributed by atoms with Crippen molar-refractivity contribution in [3.05, 3.63) is 16.1 Å². The molecule has 2 unspecified atom stereocenters. The van der Waals surface area contributed by atoms with Crippen LogP contribution in [0.3, 0.4) is 0 Å². The zero-order valence-electron chi connectivity index (χ0n) is 11.8. The van der Waals surface area contributed by atoms with Gasteiger partial charge in [0.2, 0.25) is 0 Å². The molecular formula is C13H24N4S. The highest BCUT2D eigenvalue weighted by molar-refractivity contribution is 7.09. The molecule has 4 nitrogen and oxygen atoms in total. The number of nitrogens with two attached hydrogens (primary N) is 1. The molecule has 0 bridgehead atoms. The highest BCUT2D eigenvalue weighted by Gasteiger charge is 2.42. The summed E-state index contributed by atoms with van der Waals surface area (Å²) in [6, 6.07) is 0.605. The van der Waals surface area contributed by atoms with E-state index in [1.807, 2.05) is 0 Å². The van der Waals surface area contributed by atoms with Crippen molar-refractivity contribution in [1.82, 2.24) is 14.8 Å². The van der Waals surface area contributed by atoms with Crippen molar-refractivity contribution in [2.45, 2.75) is 38.4 Å². The van der Waals surface area contributed by atoms with Gasteiger partial charge in [0.15, 0.2) is 0 Å². The van der Waals surface area contributed by atoms with E-state index in [0.29, 0.717) is 12.6 Å². The standard InChI is InChI=1S/C13H24N4S/c1-10-5-13(8-14,9-16(10)3)17(4)6-12-7-18-11(2)15-12/h7,10H,5-6,8-9,14H2,1-4H3. The van der Waals surface area contributed by atoms with Crippen LogP contribution in [0.2, 0.25) is 0 Å². The summed E-state index contributed by atoms with van der Waals surface area (Å²) < 4.78 is 0. The summed E-state index contributed by atoms with van der Waals surface area (Å²) in [4.78, 5) is 9.34. The van der Waals surface area contributed by atoms with Crippen LogP contribution >= 0.6 is 11.3 Å². The highest BCUT2D eigenvalue weighted by atomic mass is 32.1. The van der Waals surface area contributed by atoms with Gasteiger partial charge in [0.1, 0.15) is 0 Å². The second kappa shape index (κ2) is 5.25. The molecule has 0 radical (unpaired) electrons. The van der Waals surface area contributed by atoms with Crippen molar-refractivity contribution in [2.24, 2.45) is 5.73 Å². The summed E-state index contributed by atoms with van der Waals surface area (Å²) in [7, 11) is 4.36.